The number of β-amino-alcohol motifs (C(OH)–C–C–N with tert-alkyl or cyclic N) is 1. The molecule has 1 aliphatic heterocycles. The Kier molecular flexibility index (Phi) is 4.10. The quantitative estimate of drug-likeness (QED) is 0.869. The fourth-order valence-electron chi connectivity index (χ4n) is 2.10. The van der Waals surface area contributed by atoms with Gasteiger partial charge >= 0.3 is 0 Å². The van der Waals surface area contributed by atoms with Gasteiger partial charge in [0.05, 0.1) is 19.3 Å². The molecule has 0 aliphatic carbocycles. The number of benzene rings is 1. The van der Waals surface area contributed by atoms with Gasteiger partial charge in [0, 0.05) is 24.7 Å². The van der Waals surface area contributed by atoms with E-state index in [1.165, 1.54) is 6.07 Å². The van der Waals surface area contributed by atoms with Crippen molar-refractivity contribution in [1.82, 2.24) is 4.90 Å². The second-order valence-electron chi connectivity index (χ2n) is 4.46. The minimum absolute atomic E-state index is 0.269. The first-order chi connectivity index (χ1) is 8.18. The molecule has 4 heteroatoms. The Morgan fingerprint density at radius 1 is 1.53 bits per heavy atom. The van der Waals surface area contributed by atoms with Crippen LogP contribution in [-0.4, -0.2) is 42.4 Å². The van der Waals surface area contributed by atoms with Crippen molar-refractivity contribution in [1.29, 1.82) is 0 Å². The molecule has 1 aromatic rings. The maximum Gasteiger partial charge on any atom is 0.129 e. The zero-order valence-electron chi connectivity index (χ0n) is 9.97. The Morgan fingerprint density at radius 2 is 2.29 bits per heavy atom. The molecular weight excluding hydrogens is 221 g/mol. The van der Waals surface area contributed by atoms with Crippen LogP contribution in [0.25, 0.3) is 0 Å². The fourth-order valence-corrected chi connectivity index (χ4v) is 2.10. The number of morpholine rings is 1. The summed E-state index contributed by atoms with van der Waals surface area (Å²) < 4.78 is 18.8. The van der Waals surface area contributed by atoms with Crippen molar-refractivity contribution in [3.05, 3.63) is 35.6 Å². The molecule has 1 fully saturated rings. The minimum Gasteiger partial charge on any atom is -0.387 e. The van der Waals surface area contributed by atoms with Crippen LogP contribution < -0.4 is 0 Å². The van der Waals surface area contributed by atoms with E-state index in [4.69, 9.17) is 4.74 Å². The molecule has 0 unspecified atom stereocenters. The van der Waals surface area contributed by atoms with Crippen LogP contribution in [0, 0.1) is 5.82 Å². The number of nitrogens with zero attached hydrogens (tertiary/aromatic N) is 1. The predicted octanol–water partition coefficient (Wildman–Crippen LogP) is 1.58. The lowest BCUT2D eigenvalue weighted by Gasteiger charge is -2.34. The van der Waals surface area contributed by atoms with E-state index in [1.54, 1.807) is 18.2 Å². The molecule has 1 aliphatic rings. The third-order valence-electron chi connectivity index (χ3n) is 3.18. The van der Waals surface area contributed by atoms with E-state index in [0.717, 1.165) is 6.54 Å². The SMILES string of the molecule is C[C@@H]1COCCN1C[C@@H](O)c1ccccc1F. The van der Waals surface area contributed by atoms with E-state index in [2.05, 4.69) is 4.90 Å². The molecule has 1 heterocycles. The topological polar surface area (TPSA) is 32.7 Å². The number of hydrogen-bond donors (Lipinski definition) is 1. The molecule has 3 nitrogen and oxygen atoms in total. The molecule has 0 spiro atoms. The molecule has 0 amide bonds. The lowest BCUT2D eigenvalue weighted by Crippen LogP contribution is -2.45. The molecule has 1 aromatic carbocycles. The highest BCUT2D eigenvalue weighted by Gasteiger charge is 2.23. The summed E-state index contributed by atoms with van der Waals surface area (Å²) in [7, 11) is 0. The first kappa shape index (κ1) is 12.5. The molecular formula is C13H18FNO2. The van der Waals surface area contributed by atoms with Crippen LogP contribution in [0.5, 0.6) is 0 Å². The summed E-state index contributed by atoms with van der Waals surface area (Å²) in [6.45, 7) is 4.63. The van der Waals surface area contributed by atoms with Crippen molar-refractivity contribution in [2.24, 2.45) is 0 Å². The number of hydrogen-bond acceptors (Lipinski definition) is 3. The number of ether oxygens (including phenoxy) is 1. The van der Waals surface area contributed by atoms with Crippen LogP contribution >= 0.6 is 0 Å². The number of halogens is 1. The molecule has 0 radical (unpaired) electrons. The monoisotopic (exact) mass is 239 g/mol. The van der Waals surface area contributed by atoms with Gasteiger partial charge in [-0.15, -0.1) is 0 Å². The molecule has 0 aromatic heterocycles. The maximum absolute atomic E-state index is 13.5. The predicted molar refractivity (Wildman–Crippen MR) is 63.2 cm³/mol. The molecule has 0 saturated carbocycles. The molecule has 94 valence electrons. The van der Waals surface area contributed by atoms with Crippen LogP contribution in [0.2, 0.25) is 0 Å². The van der Waals surface area contributed by atoms with Crippen molar-refractivity contribution >= 4 is 0 Å². The van der Waals surface area contributed by atoms with Gasteiger partial charge in [-0.05, 0) is 13.0 Å². The summed E-state index contributed by atoms with van der Waals surface area (Å²) in [5.41, 5.74) is 0.367. The van der Waals surface area contributed by atoms with E-state index in [-0.39, 0.29) is 11.9 Å². The summed E-state index contributed by atoms with van der Waals surface area (Å²) in [5, 5.41) is 10.0. The van der Waals surface area contributed by atoms with Crippen LogP contribution in [0.1, 0.15) is 18.6 Å². The Bertz CT molecular complexity index is 372. The third kappa shape index (κ3) is 3.03. The number of aliphatic hydroxyl groups is 1. The number of aliphatic hydroxyl groups excluding tert-OH is 1. The molecule has 1 saturated heterocycles. The van der Waals surface area contributed by atoms with Crippen LogP contribution in [-0.2, 0) is 4.74 Å². The van der Waals surface area contributed by atoms with E-state index in [1.807, 2.05) is 6.92 Å². The summed E-state index contributed by atoms with van der Waals surface area (Å²) >= 11 is 0. The second kappa shape index (κ2) is 5.58. The van der Waals surface area contributed by atoms with Gasteiger partial charge in [-0.25, -0.2) is 4.39 Å². The van der Waals surface area contributed by atoms with Crippen molar-refractivity contribution in [3.8, 4) is 0 Å². The molecule has 2 atom stereocenters. The van der Waals surface area contributed by atoms with Crippen LogP contribution in [0.3, 0.4) is 0 Å². The van der Waals surface area contributed by atoms with Crippen LogP contribution in [0.4, 0.5) is 4.39 Å². The standard InChI is InChI=1S/C13H18FNO2/c1-10-9-17-7-6-15(10)8-13(16)11-4-2-3-5-12(11)14/h2-5,10,13,16H,6-9H2,1H3/t10-,13-/m1/s1. The van der Waals surface area contributed by atoms with Gasteiger partial charge in [-0.2, -0.15) is 0 Å². The Labute approximate surface area is 101 Å². The molecule has 1 N–H and O–H groups in total. The van der Waals surface area contributed by atoms with Gasteiger partial charge in [0.1, 0.15) is 5.82 Å². The highest BCUT2D eigenvalue weighted by Crippen LogP contribution is 2.19. The second-order valence-corrected chi connectivity index (χ2v) is 4.46. The molecule has 0 bridgehead atoms. The molecule has 17 heavy (non-hydrogen) atoms. The summed E-state index contributed by atoms with van der Waals surface area (Å²) in [6.07, 6.45) is -0.781. The maximum atomic E-state index is 13.5. The first-order valence-electron chi connectivity index (χ1n) is 5.93. The summed E-state index contributed by atoms with van der Waals surface area (Å²) in [6, 6.07) is 6.64. The third-order valence-corrected chi connectivity index (χ3v) is 3.18. The van der Waals surface area contributed by atoms with Gasteiger partial charge in [0.15, 0.2) is 0 Å². The van der Waals surface area contributed by atoms with E-state index >= 15 is 0 Å². The average Bonchev–Trinajstić information content (AvgIpc) is 2.32. The van der Waals surface area contributed by atoms with Gasteiger partial charge in [-0.3, -0.25) is 4.90 Å². The lowest BCUT2D eigenvalue weighted by atomic mass is 10.1. The normalized spacial score (nSPS) is 23.6. The van der Waals surface area contributed by atoms with Crippen LogP contribution in [0.15, 0.2) is 24.3 Å². The first-order valence-corrected chi connectivity index (χ1v) is 5.93. The zero-order valence-corrected chi connectivity index (χ0v) is 9.97. The van der Waals surface area contributed by atoms with Crippen molar-refractivity contribution in [2.45, 2.75) is 19.1 Å². The van der Waals surface area contributed by atoms with E-state index in [9.17, 15) is 9.50 Å². The Balaban J connectivity index is 2.01. The highest BCUT2D eigenvalue weighted by molar-refractivity contribution is 5.20. The van der Waals surface area contributed by atoms with Crippen molar-refractivity contribution in [2.75, 3.05) is 26.3 Å². The van der Waals surface area contributed by atoms with Crippen molar-refractivity contribution < 1.29 is 14.2 Å². The number of rotatable bonds is 3. The van der Waals surface area contributed by atoms with Crippen molar-refractivity contribution in [3.63, 3.8) is 0 Å². The largest absolute Gasteiger partial charge is 0.387 e. The van der Waals surface area contributed by atoms with Gasteiger partial charge < -0.3 is 9.84 Å². The van der Waals surface area contributed by atoms with Gasteiger partial charge in [0.2, 0.25) is 0 Å². The fraction of sp³-hybridized carbons (Fsp3) is 0.538. The van der Waals surface area contributed by atoms with E-state index < -0.39 is 6.10 Å². The average molecular weight is 239 g/mol. The van der Waals surface area contributed by atoms with Gasteiger partial charge in [-0.1, -0.05) is 18.2 Å². The summed E-state index contributed by atoms with van der Waals surface area (Å²) in [5.74, 6) is -0.346. The lowest BCUT2D eigenvalue weighted by molar-refractivity contribution is -0.0207. The Hall–Kier alpha value is -0.970. The zero-order chi connectivity index (χ0) is 12.3. The smallest absolute Gasteiger partial charge is 0.129 e. The highest BCUT2D eigenvalue weighted by atomic mass is 19.1. The Morgan fingerprint density at radius 3 is 3.00 bits per heavy atom. The van der Waals surface area contributed by atoms with E-state index in [0.29, 0.717) is 25.3 Å². The van der Waals surface area contributed by atoms with Gasteiger partial charge in [0.25, 0.3) is 0 Å². The minimum atomic E-state index is -0.781. The summed E-state index contributed by atoms with van der Waals surface area (Å²) in [4.78, 5) is 2.13. The molecule has 2 rings (SSSR count).